The van der Waals surface area contributed by atoms with Crippen LogP contribution >= 0.6 is 0 Å². The first-order valence-electron chi connectivity index (χ1n) is 5.02. The average molecular weight is 242 g/mol. The zero-order valence-corrected chi connectivity index (χ0v) is 9.65. The summed E-state index contributed by atoms with van der Waals surface area (Å²) >= 11 is 0. The van der Waals surface area contributed by atoms with Crippen LogP contribution in [0.1, 0.15) is 13.8 Å². The number of methoxy groups -OCH3 is 1. The van der Waals surface area contributed by atoms with Crippen LogP contribution in [-0.2, 0) is 4.79 Å². The molecule has 6 heteroatoms. The van der Waals surface area contributed by atoms with Crippen LogP contribution in [0, 0.1) is 11.6 Å². The van der Waals surface area contributed by atoms with E-state index in [1.165, 1.54) is 7.11 Å². The van der Waals surface area contributed by atoms with Crippen LogP contribution in [0.4, 0.5) is 20.2 Å². The van der Waals surface area contributed by atoms with Crippen molar-refractivity contribution in [2.45, 2.75) is 19.4 Å². The van der Waals surface area contributed by atoms with Gasteiger partial charge >= 0.3 is 0 Å². The van der Waals surface area contributed by atoms with Crippen LogP contribution in [0.25, 0.3) is 0 Å². The molecule has 0 radical (unpaired) electrons. The first-order valence-corrected chi connectivity index (χ1v) is 5.02. The van der Waals surface area contributed by atoms with Gasteiger partial charge in [0.15, 0.2) is 11.6 Å². The Bertz CT molecular complexity index is 501. The number of carbonyl (C=O) groups is 1. The molecule has 4 nitrogen and oxygen atoms in total. The number of anilines is 2. The summed E-state index contributed by atoms with van der Waals surface area (Å²) in [6, 6.07) is 0.897. The second-order valence-electron chi connectivity index (χ2n) is 4.33. The summed E-state index contributed by atoms with van der Waals surface area (Å²) < 4.78 is 31.8. The maximum absolute atomic E-state index is 13.6. The predicted octanol–water partition coefficient (Wildman–Crippen LogP) is 2.12. The molecule has 2 rings (SSSR count). The summed E-state index contributed by atoms with van der Waals surface area (Å²) in [5.41, 5.74) is -0.978. The molecule has 1 aromatic rings. The number of benzene rings is 1. The number of hydrogen-bond acceptors (Lipinski definition) is 3. The predicted molar refractivity (Wildman–Crippen MR) is 59.2 cm³/mol. The molecule has 0 aromatic heterocycles. The van der Waals surface area contributed by atoms with Gasteiger partial charge in [0.05, 0.1) is 7.11 Å². The normalized spacial score (nSPS) is 16.9. The third kappa shape index (κ3) is 1.69. The Morgan fingerprint density at radius 2 is 1.94 bits per heavy atom. The number of fused-ring (bicyclic) bond motifs is 1. The van der Waals surface area contributed by atoms with Crippen molar-refractivity contribution in [3.8, 4) is 5.75 Å². The Morgan fingerprint density at radius 3 is 2.53 bits per heavy atom. The van der Waals surface area contributed by atoms with Crippen molar-refractivity contribution in [3.63, 3.8) is 0 Å². The molecule has 2 N–H and O–H groups in total. The summed E-state index contributed by atoms with van der Waals surface area (Å²) in [7, 11) is 1.32. The number of carbonyl (C=O) groups excluding carboxylic acids is 1. The van der Waals surface area contributed by atoms with Crippen LogP contribution in [0.5, 0.6) is 5.75 Å². The van der Waals surface area contributed by atoms with Crippen molar-refractivity contribution in [2.75, 3.05) is 17.7 Å². The fourth-order valence-corrected chi connectivity index (χ4v) is 1.64. The Balaban J connectivity index is 2.64. The van der Waals surface area contributed by atoms with Crippen molar-refractivity contribution in [1.82, 2.24) is 0 Å². The van der Waals surface area contributed by atoms with E-state index in [1.807, 2.05) is 0 Å². The monoisotopic (exact) mass is 242 g/mol. The Labute approximate surface area is 97.0 Å². The third-order valence-corrected chi connectivity index (χ3v) is 2.65. The highest BCUT2D eigenvalue weighted by molar-refractivity contribution is 6.07. The maximum Gasteiger partial charge on any atom is 0.249 e. The van der Waals surface area contributed by atoms with Gasteiger partial charge in [-0.15, -0.1) is 0 Å². The van der Waals surface area contributed by atoms with E-state index in [9.17, 15) is 13.6 Å². The molecule has 1 aliphatic rings. The Morgan fingerprint density at radius 1 is 1.29 bits per heavy atom. The zero-order valence-electron chi connectivity index (χ0n) is 9.65. The minimum Gasteiger partial charge on any atom is -0.494 e. The lowest BCUT2D eigenvalue weighted by atomic mass is 9.99. The average Bonchev–Trinajstić information content (AvgIpc) is 2.26. The van der Waals surface area contributed by atoms with Gasteiger partial charge in [-0.05, 0) is 13.8 Å². The fraction of sp³-hybridized carbons (Fsp3) is 0.364. The summed E-state index contributed by atoms with van der Waals surface area (Å²) in [6.45, 7) is 3.14. The van der Waals surface area contributed by atoms with Gasteiger partial charge < -0.3 is 15.4 Å². The Hall–Kier alpha value is -1.85. The van der Waals surface area contributed by atoms with E-state index in [0.29, 0.717) is 0 Å². The van der Waals surface area contributed by atoms with Crippen LogP contribution < -0.4 is 15.4 Å². The minimum absolute atomic E-state index is 0.0789. The number of hydrogen-bond donors (Lipinski definition) is 2. The molecule has 0 saturated heterocycles. The smallest absolute Gasteiger partial charge is 0.249 e. The first-order chi connectivity index (χ1) is 7.86. The van der Waals surface area contributed by atoms with E-state index in [4.69, 9.17) is 4.74 Å². The van der Waals surface area contributed by atoms with Crippen LogP contribution in [-0.4, -0.2) is 18.6 Å². The Kier molecular flexibility index (Phi) is 2.45. The number of halogens is 2. The van der Waals surface area contributed by atoms with Crippen molar-refractivity contribution in [1.29, 1.82) is 0 Å². The third-order valence-electron chi connectivity index (χ3n) is 2.65. The van der Waals surface area contributed by atoms with Crippen molar-refractivity contribution < 1.29 is 18.3 Å². The second-order valence-corrected chi connectivity index (χ2v) is 4.33. The van der Waals surface area contributed by atoms with Crippen molar-refractivity contribution in [3.05, 3.63) is 17.7 Å². The van der Waals surface area contributed by atoms with Gasteiger partial charge in [0.25, 0.3) is 0 Å². The van der Waals surface area contributed by atoms with E-state index in [-0.39, 0.29) is 23.0 Å². The van der Waals surface area contributed by atoms with E-state index in [0.717, 1.165) is 6.07 Å². The fourth-order valence-electron chi connectivity index (χ4n) is 1.64. The van der Waals surface area contributed by atoms with Gasteiger partial charge in [-0.1, -0.05) is 0 Å². The number of amides is 1. The number of ether oxygens (including phenoxy) is 1. The molecule has 1 aromatic carbocycles. The van der Waals surface area contributed by atoms with E-state index >= 15 is 0 Å². The highest BCUT2D eigenvalue weighted by atomic mass is 19.2. The SMILES string of the molecule is COc1cc(F)c(F)c2c1NC(=O)C(C)(C)N2. The minimum atomic E-state index is -1.03. The maximum atomic E-state index is 13.6. The van der Waals surface area contributed by atoms with E-state index < -0.39 is 17.2 Å². The van der Waals surface area contributed by atoms with E-state index in [2.05, 4.69) is 10.6 Å². The van der Waals surface area contributed by atoms with E-state index in [1.54, 1.807) is 13.8 Å². The molecule has 0 atom stereocenters. The highest BCUT2D eigenvalue weighted by Gasteiger charge is 2.36. The lowest BCUT2D eigenvalue weighted by Crippen LogP contribution is -2.48. The van der Waals surface area contributed by atoms with Crippen molar-refractivity contribution in [2.24, 2.45) is 0 Å². The van der Waals surface area contributed by atoms with Gasteiger partial charge in [-0.3, -0.25) is 4.79 Å². The molecule has 0 aliphatic carbocycles. The number of nitrogens with one attached hydrogen (secondary N) is 2. The topological polar surface area (TPSA) is 50.4 Å². The molecule has 1 amide bonds. The van der Waals surface area contributed by atoms with Crippen LogP contribution in [0.15, 0.2) is 6.07 Å². The first kappa shape index (κ1) is 11.6. The lowest BCUT2D eigenvalue weighted by Gasteiger charge is -2.33. The highest BCUT2D eigenvalue weighted by Crippen LogP contribution is 2.41. The molecule has 0 bridgehead atoms. The molecular formula is C11H12F2N2O2. The summed E-state index contributed by atoms with van der Waals surface area (Å²) in [5, 5.41) is 5.17. The van der Waals surface area contributed by atoms with Crippen LogP contribution in [0.2, 0.25) is 0 Å². The van der Waals surface area contributed by atoms with Gasteiger partial charge in [0, 0.05) is 6.07 Å². The largest absolute Gasteiger partial charge is 0.494 e. The zero-order chi connectivity index (χ0) is 12.8. The van der Waals surface area contributed by atoms with Gasteiger partial charge in [-0.2, -0.15) is 0 Å². The number of rotatable bonds is 1. The molecule has 1 heterocycles. The molecule has 0 spiro atoms. The molecule has 0 saturated carbocycles. The standard InChI is InChI=1S/C11H12F2N2O2/c1-11(2)10(16)14-8-6(17-3)4-5(12)7(13)9(8)15-11/h4,15H,1-3H3,(H,14,16). The van der Waals surface area contributed by atoms with Gasteiger partial charge in [0.2, 0.25) is 5.91 Å². The molecule has 0 unspecified atom stereocenters. The molecule has 92 valence electrons. The van der Waals surface area contributed by atoms with Crippen molar-refractivity contribution >= 4 is 17.3 Å². The van der Waals surface area contributed by atoms with Gasteiger partial charge in [0.1, 0.15) is 22.7 Å². The summed E-state index contributed by atoms with van der Waals surface area (Å²) in [4.78, 5) is 11.7. The molecular weight excluding hydrogens is 230 g/mol. The molecule has 17 heavy (non-hydrogen) atoms. The molecule has 1 aliphatic heterocycles. The van der Waals surface area contributed by atoms with Crippen LogP contribution in [0.3, 0.4) is 0 Å². The summed E-state index contributed by atoms with van der Waals surface area (Å²) in [5.74, 6) is -2.32. The lowest BCUT2D eigenvalue weighted by molar-refractivity contribution is -0.119. The quantitative estimate of drug-likeness (QED) is 0.793. The van der Waals surface area contributed by atoms with Gasteiger partial charge in [-0.25, -0.2) is 8.78 Å². The molecule has 0 fully saturated rings. The summed E-state index contributed by atoms with van der Waals surface area (Å²) in [6.07, 6.45) is 0. The second kappa shape index (κ2) is 3.58.